The molecular formula is C9H18O3S5. The van der Waals surface area contributed by atoms with Crippen LogP contribution < -0.4 is 0 Å². The Hall–Kier alpha value is 1.18. The summed E-state index contributed by atoms with van der Waals surface area (Å²) in [5.41, 5.74) is 0. The lowest BCUT2D eigenvalue weighted by molar-refractivity contribution is -0.138. The predicted molar refractivity (Wildman–Crippen MR) is 86.0 cm³/mol. The van der Waals surface area contributed by atoms with Crippen LogP contribution in [0, 0.1) is 0 Å². The van der Waals surface area contributed by atoms with Crippen LogP contribution in [0.4, 0.5) is 0 Å². The normalized spacial score (nSPS) is 10.5. The summed E-state index contributed by atoms with van der Waals surface area (Å²) < 4.78 is 5.01. The summed E-state index contributed by atoms with van der Waals surface area (Å²) in [5, 5.41) is 11.3. The molecule has 0 unspecified atom stereocenters. The van der Waals surface area contributed by atoms with Gasteiger partial charge in [-0.15, -0.1) is 47.0 Å². The SMILES string of the molecule is CCSCSCSCC(=O)OCSCSCO. The molecular weight excluding hydrogens is 316 g/mol. The largest absolute Gasteiger partial charge is 0.454 e. The Kier molecular flexibility index (Phi) is 16.3. The Balaban J connectivity index is 3.12. The molecule has 0 heterocycles. The summed E-state index contributed by atoms with van der Waals surface area (Å²) in [4.78, 5) is 11.2. The van der Waals surface area contributed by atoms with Crippen molar-refractivity contribution in [2.75, 3.05) is 38.6 Å². The number of thioether (sulfide) groups is 5. The maximum absolute atomic E-state index is 11.2. The second-order valence-electron chi connectivity index (χ2n) is 2.57. The molecule has 8 heteroatoms. The van der Waals surface area contributed by atoms with Gasteiger partial charge >= 0.3 is 5.97 Å². The fourth-order valence-electron chi connectivity index (χ4n) is 0.639. The van der Waals surface area contributed by atoms with Gasteiger partial charge < -0.3 is 9.84 Å². The van der Waals surface area contributed by atoms with Crippen LogP contribution in [0.2, 0.25) is 0 Å². The van der Waals surface area contributed by atoms with Crippen LogP contribution in [0.5, 0.6) is 0 Å². The lowest BCUT2D eigenvalue weighted by Gasteiger charge is -2.04. The van der Waals surface area contributed by atoms with Crippen molar-refractivity contribution in [3.63, 3.8) is 0 Å². The second kappa shape index (κ2) is 15.2. The van der Waals surface area contributed by atoms with E-state index in [9.17, 15) is 4.79 Å². The van der Waals surface area contributed by atoms with Crippen molar-refractivity contribution in [2.24, 2.45) is 0 Å². The number of esters is 1. The quantitative estimate of drug-likeness (QED) is 0.332. The molecule has 0 amide bonds. The molecule has 0 bridgehead atoms. The standard InChI is InChI=1S/C9H18O3S5/c1-2-13-6-17-7-14-3-9(11)12-5-16-8-15-4-10/h10H,2-8H2,1H3. The van der Waals surface area contributed by atoms with Gasteiger partial charge in [0.25, 0.3) is 0 Å². The summed E-state index contributed by atoms with van der Waals surface area (Å²) in [6, 6.07) is 0. The molecule has 3 nitrogen and oxygen atoms in total. The molecule has 0 saturated heterocycles. The number of hydrogen-bond acceptors (Lipinski definition) is 8. The Morgan fingerprint density at radius 1 is 1.06 bits per heavy atom. The smallest absolute Gasteiger partial charge is 0.316 e. The van der Waals surface area contributed by atoms with Crippen molar-refractivity contribution >= 4 is 64.8 Å². The number of carbonyl (C=O) groups excluding carboxylic acids is 1. The molecule has 0 spiro atoms. The molecule has 0 aromatic heterocycles. The zero-order valence-corrected chi connectivity index (χ0v) is 13.8. The van der Waals surface area contributed by atoms with Crippen LogP contribution in [0.15, 0.2) is 0 Å². The van der Waals surface area contributed by atoms with Crippen LogP contribution in [-0.4, -0.2) is 49.7 Å². The Morgan fingerprint density at radius 3 is 2.47 bits per heavy atom. The third-order valence-electron chi connectivity index (χ3n) is 1.32. The van der Waals surface area contributed by atoms with E-state index < -0.39 is 0 Å². The molecule has 0 aromatic rings. The molecule has 1 N–H and O–H groups in total. The van der Waals surface area contributed by atoms with Crippen molar-refractivity contribution in [2.45, 2.75) is 6.92 Å². The molecule has 0 aliphatic carbocycles. The summed E-state index contributed by atoms with van der Waals surface area (Å²) >= 11 is 8.24. The zero-order valence-electron chi connectivity index (χ0n) is 9.75. The van der Waals surface area contributed by atoms with E-state index in [4.69, 9.17) is 9.84 Å². The Morgan fingerprint density at radius 2 is 1.76 bits per heavy atom. The van der Waals surface area contributed by atoms with Gasteiger partial charge in [-0.05, 0) is 5.75 Å². The van der Waals surface area contributed by atoms with Gasteiger partial charge in [-0.2, -0.15) is 11.8 Å². The van der Waals surface area contributed by atoms with Gasteiger partial charge in [-0.25, -0.2) is 0 Å². The number of hydrogen-bond donors (Lipinski definition) is 1. The first-order valence-electron chi connectivity index (χ1n) is 4.96. The highest BCUT2D eigenvalue weighted by atomic mass is 32.2. The van der Waals surface area contributed by atoms with Gasteiger partial charge in [0, 0.05) is 15.3 Å². The van der Waals surface area contributed by atoms with Crippen molar-refractivity contribution in [1.82, 2.24) is 0 Å². The van der Waals surface area contributed by atoms with Crippen LogP contribution in [0.3, 0.4) is 0 Å². The number of aliphatic hydroxyl groups is 1. The van der Waals surface area contributed by atoms with Crippen LogP contribution >= 0.6 is 58.8 Å². The van der Waals surface area contributed by atoms with E-state index in [2.05, 4.69) is 6.92 Å². The number of rotatable bonds is 12. The topological polar surface area (TPSA) is 46.5 Å². The van der Waals surface area contributed by atoms with Gasteiger partial charge in [0.15, 0.2) is 0 Å². The molecule has 0 rings (SSSR count). The highest BCUT2D eigenvalue weighted by molar-refractivity contribution is 8.22. The molecule has 0 aromatic carbocycles. The number of aliphatic hydroxyl groups excluding tert-OH is 1. The minimum absolute atomic E-state index is 0.115. The molecule has 0 atom stereocenters. The van der Waals surface area contributed by atoms with E-state index in [-0.39, 0.29) is 11.9 Å². The monoisotopic (exact) mass is 334 g/mol. The lowest BCUT2D eigenvalue weighted by atomic mass is 10.8. The average molecular weight is 335 g/mol. The van der Waals surface area contributed by atoms with E-state index in [0.29, 0.717) is 11.7 Å². The van der Waals surface area contributed by atoms with Gasteiger partial charge in [0.05, 0.1) is 11.7 Å². The van der Waals surface area contributed by atoms with E-state index in [1.165, 1.54) is 23.5 Å². The highest BCUT2D eigenvalue weighted by Gasteiger charge is 2.02. The Labute approximate surface area is 124 Å². The fourth-order valence-corrected chi connectivity index (χ4v) is 4.97. The van der Waals surface area contributed by atoms with Crippen molar-refractivity contribution in [3.8, 4) is 0 Å². The van der Waals surface area contributed by atoms with E-state index in [1.54, 1.807) is 11.8 Å². The van der Waals surface area contributed by atoms with Crippen LogP contribution in [0.25, 0.3) is 0 Å². The first-order valence-corrected chi connectivity index (χ1v) is 10.7. The zero-order chi connectivity index (χ0) is 12.8. The molecule has 102 valence electrons. The molecule has 17 heavy (non-hydrogen) atoms. The first-order chi connectivity index (χ1) is 8.31. The van der Waals surface area contributed by atoms with E-state index in [1.807, 2.05) is 23.5 Å². The first kappa shape index (κ1) is 18.2. The second-order valence-corrected chi connectivity index (χ2v) is 8.80. The Bertz CT molecular complexity index is 182. The van der Waals surface area contributed by atoms with Gasteiger partial charge in [-0.1, -0.05) is 6.92 Å². The van der Waals surface area contributed by atoms with E-state index in [0.717, 1.165) is 21.0 Å². The maximum Gasteiger partial charge on any atom is 0.316 e. The highest BCUT2D eigenvalue weighted by Crippen LogP contribution is 2.17. The summed E-state index contributed by atoms with van der Waals surface area (Å²) in [6.07, 6.45) is 0. The average Bonchev–Trinajstić information content (AvgIpc) is 2.33. The number of carbonyl (C=O) groups is 1. The predicted octanol–water partition coefficient (Wildman–Crippen LogP) is 3.00. The maximum atomic E-state index is 11.2. The minimum Gasteiger partial charge on any atom is -0.454 e. The van der Waals surface area contributed by atoms with Crippen LogP contribution in [0.1, 0.15) is 6.92 Å². The fraction of sp³-hybridized carbons (Fsp3) is 0.889. The number of ether oxygens (including phenoxy) is 1. The lowest BCUT2D eigenvalue weighted by Crippen LogP contribution is -2.07. The van der Waals surface area contributed by atoms with Crippen molar-refractivity contribution in [1.29, 1.82) is 0 Å². The summed E-state index contributed by atoms with van der Waals surface area (Å²) in [7, 11) is 0. The summed E-state index contributed by atoms with van der Waals surface area (Å²) in [5.74, 6) is 1.91. The third kappa shape index (κ3) is 15.1. The van der Waals surface area contributed by atoms with Crippen LogP contribution in [-0.2, 0) is 9.53 Å². The van der Waals surface area contributed by atoms with Gasteiger partial charge in [0.1, 0.15) is 5.94 Å². The molecule has 0 radical (unpaired) electrons. The van der Waals surface area contributed by atoms with Gasteiger partial charge in [-0.3, -0.25) is 4.79 Å². The molecule has 0 saturated carbocycles. The van der Waals surface area contributed by atoms with E-state index >= 15 is 0 Å². The third-order valence-corrected chi connectivity index (χ3v) is 6.63. The van der Waals surface area contributed by atoms with Crippen molar-refractivity contribution in [3.05, 3.63) is 0 Å². The summed E-state index contributed by atoms with van der Waals surface area (Å²) in [6.45, 7) is 2.14. The minimum atomic E-state index is -0.153. The van der Waals surface area contributed by atoms with Crippen molar-refractivity contribution < 1.29 is 14.6 Å². The molecule has 0 fully saturated rings. The molecule has 0 aliphatic rings. The molecule has 0 aliphatic heterocycles. The van der Waals surface area contributed by atoms with Gasteiger partial charge in [0.2, 0.25) is 0 Å².